The zero-order valence-corrected chi connectivity index (χ0v) is 20.0. The molecule has 0 aromatic heterocycles. The Labute approximate surface area is 201 Å². The second-order valence-electron chi connectivity index (χ2n) is 7.51. The fourth-order valence-electron chi connectivity index (χ4n) is 2.91. The maximum absolute atomic E-state index is 12.7. The summed E-state index contributed by atoms with van der Waals surface area (Å²) in [6.45, 7) is 0.709. The van der Waals surface area contributed by atoms with Gasteiger partial charge >= 0.3 is 0 Å². The maximum Gasteiger partial charge on any atom is 0.269 e. The first-order chi connectivity index (χ1) is 15.9. The quantitative estimate of drug-likeness (QED) is 0.301. The lowest BCUT2D eigenvalue weighted by atomic mass is 10.2. The summed E-state index contributed by atoms with van der Waals surface area (Å²) in [6.07, 6.45) is 0. The molecule has 3 N–H and O–H groups in total. The third-order valence-corrected chi connectivity index (χ3v) is 6.60. The highest BCUT2D eigenvalue weighted by Crippen LogP contribution is 2.13. The van der Waals surface area contributed by atoms with Gasteiger partial charge in [-0.25, -0.2) is 13.1 Å². The van der Waals surface area contributed by atoms with E-state index in [0.717, 1.165) is 4.90 Å². The van der Waals surface area contributed by atoms with E-state index in [2.05, 4.69) is 10.0 Å². The summed E-state index contributed by atoms with van der Waals surface area (Å²) in [6, 6.07) is 9.27. The first-order valence-electron chi connectivity index (χ1n) is 10.1. The Hall–Kier alpha value is -3.06. The Balaban J connectivity index is 1.96. The van der Waals surface area contributed by atoms with E-state index >= 15 is 0 Å². The van der Waals surface area contributed by atoms with Crippen molar-refractivity contribution in [3.05, 3.63) is 74.8 Å². The molecule has 0 fully saturated rings. The van der Waals surface area contributed by atoms with Gasteiger partial charge < -0.3 is 15.3 Å². The molecule has 2 aromatic carbocycles. The van der Waals surface area contributed by atoms with E-state index in [9.17, 15) is 33.2 Å². The molecule has 0 heterocycles. The Morgan fingerprint density at radius 3 is 2.21 bits per heavy atom. The zero-order valence-electron chi connectivity index (χ0n) is 18.5. The van der Waals surface area contributed by atoms with Gasteiger partial charge in [0.2, 0.25) is 21.8 Å². The number of likely N-dealkylation sites (N-methyl/N-ethyl adjacent to an activating group) is 1. The van der Waals surface area contributed by atoms with Gasteiger partial charge in [0.25, 0.3) is 5.69 Å². The van der Waals surface area contributed by atoms with Gasteiger partial charge in [-0.2, -0.15) is 0 Å². The molecule has 11 nitrogen and oxygen atoms in total. The highest BCUT2D eigenvalue weighted by Gasteiger charge is 2.31. The number of nitrogens with zero attached hydrogens (tertiary/aromatic N) is 2. The molecule has 2 atom stereocenters. The van der Waals surface area contributed by atoms with Crippen LogP contribution in [0.5, 0.6) is 0 Å². The molecule has 0 aliphatic heterocycles. The largest absolute Gasteiger partial charge is 0.394 e. The van der Waals surface area contributed by atoms with E-state index in [-0.39, 0.29) is 12.2 Å². The molecule has 0 spiro atoms. The zero-order chi connectivity index (χ0) is 25.5. The van der Waals surface area contributed by atoms with Crippen LogP contribution < -0.4 is 10.0 Å². The Bertz CT molecular complexity index is 1120. The number of hydrogen-bond acceptors (Lipinski definition) is 7. The lowest BCUT2D eigenvalue weighted by Gasteiger charge is -2.28. The van der Waals surface area contributed by atoms with Crippen LogP contribution in [-0.2, 0) is 31.9 Å². The summed E-state index contributed by atoms with van der Waals surface area (Å²) >= 11 is 5.79. The number of benzene rings is 2. The number of sulfonamides is 1. The van der Waals surface area contributed by atoms with Crippen LogP contribution in [0.3, 0.4) is 0 Å². The second kappa shape index (κ2) is 11.9. The number of carbonyl (C=O) groups excluding carboxylic acids is 2. The number of hydrogen-bond donors (Lipinski definition) is 3. The Morgan fingerprint density at radius 1 is 1.12 bits per heavy atom. The number of nitrogens with one attached hydrogen (secondary N) is 2. The first kappa shape index (κ1) is 27.2. The van der Waals surface area contributed by atoms with Crippen LogP contribution in [-0.4, -0.2) is 60.9 Å². The van der Waals surface area contributed by atoms with Gasteiger partial charge in [0.1, 0.15) is 12.1 Å². The molecule has 2 aromatic rings. The molecule has 0 radical (unpaired) electrons. The van der Waals surface area contributed by atoms with Crippen molar-refractivity contribution < 1.29 is 28.0 Å². The fraction of sp³-hybridized carbons (Fsp3) is 0.333. The molecular weight excluding hydrogens is 488 g/mol. The second-order valence-corrected chi connectivity index (χ2v) is 9.70. The highest BCUT2D eigenvalue weighted by atomic mass is 35.5. The predicted octanol–water partition coefficient (Wildman–Crippen LogP) is 1.19. The van der Waals surface area contributed by atoms with Crippen LogP contribution in [0.15, 0.2) is 48.5 Å². The molecule has 13 heteroatoms. The van der Waals surface area contributed by atoms with Crippen molar-refractivity contribution in [3.63, 3.8) is 0 Å². The standard InChI is InChI=1S/C21H25ClN4O7S/c1-14(20(28)23-11-15-5-9-18(10-6-15)26(30)31)25(2)21(29)19(12-27)24-34(32,33)13-16-3-7-17(22)8-4-16/h3-10,14,19,24,27H,11-13H2,1-2H3,(H,23,28)/t14-,19+/m0/s1. The summed E-state index contributed by atoms with van der Waals surface area (Å²) in [5.41, 5.74) is 0.971. The van der Waals surface area contributed by atoms with Crippen LogP contribution in [0.1, 0.15) is 18.1 Å². The maximum atomic E-state index is 12.7. The van der Waals surface area contributed by atoms with Gasteiger partial charge in [-0.1, -0.05) is 35.9 Å². The highest BCUT2D eigenvalue weighted by molar-refractivity contribution is 7.88. The minimum atomic E-state index is -3.99. The van der Waals surface area contributed by atoms with E-state index in [1.54, 1.807) is 0 Å². The van der Waals surface area contributed by atoms with Crippen LogP contribution in [0.2, 0.25) is 5.02 Å². The van der Waals surface area contributed by atoms with Gasteiger partial charge in [-0.3, -0.25) is 19.7 Å². The summed E-state index contributed by atoms with van der Waals surface area (Å²) in [5, 5.41) is 23.4. The van der Waals surface area contributed by atoms with E-state index in [0.29, 0.717) is 16.1 Å². The van der Waals surface area contributed by atoms with Gasteiger partial charge in [0.15, 0.2) is 0 Å². The molecule has 184 valence electrons. The van der Waals surface area contributed by atoms with Crippen molar-refractivity contribution in [2.75, 3.05) is 13.7 Å². The van der Waals surface area contributed by atoms with E-state index in [1.807, 2.05) is 0 Å². The number of carbonyl (C=O) groups is 2. The molecule has 0 bridgehead atoms. The minimum absolute atomic E-state index is 0.0698. The number of rotatable bonds is 11. The molecule has 0 aliphatic carbocycles. The van der Waals surface area contributed by atoms with Crippen molar-refractivity contribution in [2.45, 2.75) is 31.3 Å². The van der Waals surface area contributed by atoms with E-state index in [4.69, 9.17) is 11.6 Å². The molecule has 0 aliphatic rings. The lowest BCUT2D eigenvalue weighted by molar-refractivity contribution is -0.384. The first-order valence-corrected chi connectivity index (χ1v) is 12.1. The molecule has 0 saturated heterocycles. The van der Waals surface area contributed by atoms with Crippen LogP contribution >= 0.6 is 11.6 Å². The van der Waals surface area contributed by atoms with Crippen molar-refractivity contribution in [1.29, 1.82) is 0 Å². The normalized spacial score (nSPS) is 13.1. The van der Waals surface area contributed by atoms with Crippen LogP contribution in [0, 0.1) is 10.1 Å². The smallest absolute Gasteiger partial charge is 0.269 e. The van der Waals surface area contributed by atoms with Gasteiger partial charge in [-0.15, -0.1) is 0 Å². The molecule has 2 amide bonds. The molecule has 0 unspecified atom stereocenters. The summed E-state index contributed by atoms with van der Waals surface area (Å²) in [5.74, 6) is -1.75. The minimum Gasteiger partial charge on any atom is -0.394 e. The van der Waals surface area contributed by atoms with Crippen molar-refractivity contribution >= 4 is 39.1 Å². The van der Waals surface area contributed by atoms with E-state index in [1.165, 1.54) is 62.5 Å². The Kier molecular flexibility index (Phi) is 9.50. The Morgan fingerprint density at radius 2 is 1.68 bits per heavy atom. The summed E-state index contributed by atoms with van der Waals surface area (Å²) in [4.78, 5) is 36.4. The number of non-ortho nitro benzene ring substituents is 1. The van der Waals surface area contributed by atoms with Gasteiger partial charge in [0.05, 0.1) is 17.3 Å². The topological polar surface area (TPSA) is 159 Å². The summed E-state index contributed by atoms with van der Waals surface area (Å²) < 4.78 is 27.1. The summed E-state index contributed by atoms with van der Waals surface area (Å²) in [7, 11) is -2.67. The van der Waals surface area contributed by atoms with Crippen molar-refractivity contribution in [1.82, 2.24) is 14.9 Å². The van der Waals surface area contributed by atoms with Crippen LogP contribution in [0.25, 0.3) is 0 Å². The predicted molar refractivity (Wildman–Crippen MR) is 125 cm³/mol. The van der Waals surface area contributed by atoms with Crippen molar-refractivity contribution in [2.24, 2.45) is 0 Å². The van der Waals surface area contributed by atoms with Crippen molar-refractivity contribution in [3.8, 4) is 0 Å². The SMILES string of the molecule is C[C@@H](C(=O)NCc1ccc([N+](=O)[O-])cc1)N(C)C(=O)[C@@H](CO)NS(=O)(=O)Cc1ccc(Cl)cc1. The van der Waals surface area contributed by atoms with E-state index < -0.39 is 51.2 Å². The number of aliphatic hydroxyl groups is 1. The molecule has 2 rings (SSSR count). The third-order valence-electron chi connectivity index (χ3n) is 4.99. The van der Waals surface area contributed by atoms with Gasteiger partial charge in [0, 0.05) is 30.7 Å². The monoisotopic (exact) mass is 512 g/mol. The average molecular weight is 513 g/mol. The number of amides is 2. The van der Waals surface area contributed by atoms with Gasteiger partial charge in [-0.05, 0) is 30.2 Å². The number of halogens is 1. The molecule has 0 saturated carbocycles. The fourth-order valence-corrected chi connectivity index (χ4v) is 4.36. The van der Waals surface area contributed by atoms with Crippen LogP contribution in [0.4, 0.5) is 5.69 Å². The molecular formula is C21H25ClN4O7S. The average Bonchev–Trinajstić information content (AvgIpc) is 2.81. The molecule has 34 heavy (non-hydrogen) atoms. The number of nitro groups is 1. The number of aliphatic hydroxyl groups excluding tert-OH is 1. The number of nitro benzene ring substituents is 1. The lowest BCUT2D eigenvalue weighted by Crippen LogP contribution is -2.54. The third kappa shape index (κ3) is 7.76.